The predicted octanol–water partition coefficient (Wildman–Crippen LogP) is 4.00. The van der Waals surface area contributed by atoms with E-state index in [-0.39, 0.29) is 0 Å². The van der Waals surface area contributed by atoms with Gasteiger partial charge in [-0.25, -0.2) is 0 Å². The van der Waals surface area contributed by atoms with Crippen LogP contribution in [0.3, 0.4) is 0 Å². The zero-order valence-electron chi connectivity index (χ0n) is 11.3. The van der Waals surface area contributed by atoms with Crippen LogP contribution in [-0.4, -0.2) is 13.1 Å². The third-order valence-corrected chi connectivity index (χ3v) is 2.76. The van der Waals surface area contributed by atoms with E-state index in [0.717, 1.165) is 25.4 Å². The van der Waals surface area contributed by atoms with E-state index in [4.69, 9.17) is 0 Å². The van der Waals surface area contributed by atoms with Crippen LogP contribution in [0.1, 0.15) is 53.9 Å². The van der Waals surface area contributed by atoms with Crippen LogP contribution in [0.25, 0.3) is 0 Å². The van der Waals surface area contributed by atoms with Crippen molar-refractivity contribution in [2.45, 2.75) is 53.9 Å². The highest BCUT2D eigenvalue weighted by Crippen LogP contribution is 2.27. The van der Waals surface area contributed by atoms with Crippen LogP contribution < -0.4 is 5.32 Å². The first-order valence-corrected chi connectivity index (χ1v) is 6.18. The lowest BCUT2D eigenvalue weighted by Gasteiger charge is -2.25. The zero-order chi connectivity index (χ0) is 11.9. The summed E-state index contributed by atoms with van der Waals surface area (Å²) in [6, 6.07) is 0. The van der Waals surface area contributed by atoms with Crippen molar-refractivity contribution in [3.63, 3.8) is 0 Å². The van der Waals surface area contributed by atoms with Gasteiger partial charge in [0, 0.05) is 0 Å². The van der Waals surface area contributed by atoms with Gasteiger partial charge in [-0.1, -0.05) is 33.3 Å². The molecule has 0 saturated carbocycles. The molecule has 0 radical (unpaired) electrons. The van der Waals surface area contributed by atoms with E-state index in [1.807, 2.05) is 0 Å². The van der Waals surface area contributed by atoms with Gasteiger partial charge in [-0.05, 0) is 50.6 Å². The highest BCUT2D eigenvalue weighted by Gasteiger charge is 2.16. The predicted molar refractivity (Wildman–Crippen MR) is 70.2 cm³/mol. The molecule has 1 heteroatoms. The largest absolute Gasteiger partial charge is 0.316 e. The van der Waals surface area contributed by atoms with Crippen molar-refractivity contribution in [2.75, 3.05) is 13.1 Å². The molecule has 0 spiro atoms. The third-order valence-electron chi connectivity index (χ3n) is 2.76. The monoisotopic (exact) mass is 211 g/mol. The maximum atomic E-state index is 3.96. The van der Waals surface area contributed by atoms with Crippen LogP contribution in [-0.2, 0) is 0 Å². The summed E-state index contributed by atoms with van der Waals surface area (Å²) in [5.74, 6) is 0.753. The molecule has 0 saturated heterocycles. The fourth-order valence-corrected chi connectivity index (χ4v) is 1.49. The molecular weight excluding hydrogens is 182 g/mol. The highest BCUT2D eigenvalue weighted by atomic mass is 14.8. The Bertz CT molecular complexity index is 180. The van der Waals surface area contributed by atoms with Crippen LogP contribution in [0.2, 0.25) is 0 Å². The maximum Gasteiger partial charge on any atom is -0.00258 e. The minimum atomic E-state index is 0.447. The molecule has 0 rings (SSSR count). The summed E-state index contributed by atoms with van der Waals surface area (Å²) < 4.78 is 0. The summed E-state index contributed by atoms with van der Waals surface area (Å²) in [5, 5.41) is 3.51. The van der Waals surface area contributed by atoms with E-state index in [2.05, 4.69) is 46.5 Å². The Morgan fingerprint density at radius 3 is 2.33 bits per heavy atom. The van der Waals surface area contributed by atoms with E-state index < -0.39 is 0 Å². The molecule has 0 aliphatic rings. The van der Waals surface area contributed by atoms with Crippen LogP contribution >= 0.6 is 0 Å². The fraction of sp³-hybridized carbons (Fsp3) is 0.857. The molecule has 15 heavy (non-hydrogen) atoms. The minimum absolute atomic E-state index is 0.447. The first-order chi connectivity index (χ1) is 6.83. The Kier molecular flexibility index (Phi) is 6.91. The molecular formula is C14H29N. The molecule has 0 aromatic rings. The molecule has 0 fully saturated rings. The van der Waals surface area contributed by atoms with E-state index >= 15 is 0 Å². The van der Waals surface area contributed by atoms with Crippen molar-refractivity contribution in [1.82, 2.24) is 5.32 Å². The molecule has 0 unspecified atom stereocenters. The van der Waals surface area contributed by atoms with E-state index in [9.17, 15) is 0 Å². The molecule has 0 aromatic heterocycles. The van der Waals surface area contributed by atoms with Crippen LogP contribution in [0.15, 0.2) is 12.2 Å². The van der Waals surface area contributed by atoms with Gasteiger partial charge in [-0.2, -0.15) is 0 Å². The van der Waals surface area contributed by atoms with Gasteiger partial charge in [-0.15, -0.1) is 6.58 Å². The molecule has 90 valence electrons. The Morgan fingerprint density at radius 1 is 1.27 bits per heavy atom. The first-order valence-electron chi connectivity index (χ1n) is 6.18. The van der Waals surface area contributed by atoms with Gasteiger partial charge in [0.25, 0.3) is 0 Å². The highest BCUT2D eigenvalue weighted by molar-refractivity contribution is 4.89. The molecule has 0 aliphatic heterocycles. The lowest BCUT2D eigenvalue weighted by molar-refractivity contribution is 0.300. The van der Waals surface area contributed by atoms with Crippen molar-refractivity contribution in [2.24, 2.45) is 11.3 Å². The number of allylic oxidation sites excluding steroid dienone is 1. The second-order valence-electron chi connectivity index (χ2n) is 5.97. The summed E-state index contributed by atoms with van der Waals surface area (Å²) in [6.07, 6.45) is 3.68. The number of rotatable bonds is 8. The molecule has 0 heterocycles. The normalized spacial score (nSPS) is 12.1. The van der Waals surface area contributed by atoms with Crippen LogP contribution in [0.5, 0.6) is 0 Å². The summed E-state index contributed by atoms with van der Waals surface area (Å²) in [6.45, 7) is 17.6. The second kappa shape index (κ2) is 7.05. The molecule has 0 bridgehead atoms. The van der Waals surface area contributed by atoms with Gasteiger partial charge < -0.3 is 5.32 Å². The molecule has 1 nitrogen and oxygen atoms in total. The molecule has 0 atom stereocenters. The van der Waals surface area contributed by atoms with Gasteiger partial charge in [0.05, 0.1) is 0 Å². The van der Waals surface area contributed by atoms with Gasteiger partial charge in [0.1, 0.15) is 0 Å². The summed E-state index contributed by atoms with van der Waals surface area (Å²) >= 11 is 0. The average Bonchev–Trinajstić information content (AvgIpc) is 2.09. The van der Waals surface area contributed by atoms with Crippen molar-refractivity contribution < 1.29 is 0 Å². The Labute approximate surface area is 96.3 Å². The fourth-order valence-electron chi connectivity index (χ4n) is 1.49. The Morgan fingerprint density at radius 2 is 1.87 bits per heavy atom. The van der Waals surface area contributed by atoms with Gasteiger partial charge in [0.2, 0.25) is 0 Å². The lowest BCUT2D eigenvalue weighted by atomic mass is 9.83. The summed E-state index contributed by atoms with van der Waals surface area (Å²) in [7, 11) is 0. The number of nitrogens with one attached hydrogen (secondary N) is 1. The van der Waals surface area contributed by atoms with Crippen LogP contribution in [0, 0.1) is 11.3 Å². The second-order valence-corrected chi connectivity index (χ2v) is 5.97. The first kappa shape index (κ1) is 14.7. The zero-order valence-corrected chi connectivity index (χ0v) is 11.3. The van der Waals surface area contributed by atoms with Gasteiger partial charge in [-0.3, -0.25) is 0 Å². The molecule has 0 amide bonds. The number of hydrogen-bond acceptors (Lipinski definition) is 1. The van der Waals surface area contributed by atoms with E-state index in [1.165, 1.54) is 18.4 Å². The molecule has 0 aromatic carbocycles. The number of hydrogen-bond donors (Lipinski definition) is 1. The Balaban J connectivity index is 3.59. The van der Waals surface area contributed by atoms with Gasteiger partial charge >= 0.3 is 0 Å². The maximum absolute atomic E-state index is 3.96. The summed E-state index contributed by atoms with van der Waals surface area (Å²) in [4.78, 5) is 0. The van der Waals surface area contributed by atoms with Crippen molar-refractivity contribution >= 4 is 0 Å². The SMILES string of the molecule is C=C(C)CCC(C)(C)CCNCC(C)C. The van der Waals surface area contributed by atoms with E-state index in [1.54, 1.807) is 0 Å². The average molecular weight is 211 g/mol. The topological polar surface area (TPSA) is 12.0 Å². The van der Waals surface area contributed by atoms with E-state index in [0.29, 0.717) is 5.41 Å². The van der Waals surface area contributed by atoms with Crippen molar-refractivity contribution in [3.8, 4) is 0 Å². The molecule has 0 aliphatic carbocycles. The Hall–Kier alpha value is -0.300. The lowest BCUT2D eigenvalue weighted by Crippen LogP contribution is -2.25. The van der Waals surface area contributed by atoms with Crippen molar-refractivity contribution in [1.29, 1.82) is 0 Å². The molecule has 1 N–H and O–H groups in total. The smallest absolute Gasteiger partial charge is 0.00258 e. The quantitative estimate of drug-likeness (QED) is 0.472. The van der Waals surface area contributed by atoms with Gasteiger partial charge in [0.15, 0.2) is 0 Å². The third kappa shape index (κ3) is 9.99. The van der Waals surface area contributed by atoms with Crippen molar-refractivity contribution in [3.05, 3.63) is 12.2 Å². The van der Waals surface area contributed by atoms with Crippen LogP contribution in [0.4, 0.5) is 0 Å². The standard InChI is InChI=1S/C14H29N/c1-12(2)7-8-14(5,6)9-10-15-11-13(3)4/h13,15H,1,7-11H2,2-6H3. The minimum Gasteiger partial charge on any atom is -0.316 e. The summed E-state index contributed by atoms with van der Waals surface area (Å²) in [5.41, 5.74) is 1.75.